The Morgan fingerprint density at radius 3 is 0.742 bits per heavy atom. The topological polar surface area (TPSA) is 74.8 Å². The number of epoxide rings is 2. The van der Waals surface area contributed by atoms with E-state index in [2.05, 4.69) is 118 Å². The maximum atomic E-state index is 7.62. The van der Waals surface area contributed by atoms with Crippen molar-refractivity contribution < 1.29 is 24.4 Å². The first-order valence-corrected chi connectivity index (χ1v) is 8.89. The summed E-state index contributed by atoms with van der Waals surface area (Å²) in [6.45, 7) is 57.0. The quantitative estimate of drug-likeness (QED) is 0.402. The second-order valence-electron chi connectivity index (χ2n) is 2.90. The van der Waals surface area contributed by atoms with Gasteiger partial charge in [-0.15, -0.1) is 118 Å². The van der Waals surface area contributed by atoms with Crippen LogP contribution in [-0.4, -0.2) is 62.1 Å². The molecule has 0 amide bonds. The SMILES string of the molecule is C(OCC1CO1)C1CO1.C=C.C=C.C=C.C=C.C=C.C=C.C=C.C=C.C=C.OCCO. The van der Waals surface area contributed by atoms with Crippen LogP contribution in [0, 0.1) is 0 Å². The molecule has 2 aliphatic rings. The third kappa shape index (κ3) is 163. The average Bonchev–Trinajstić information content (AvgIpc) is 3.87. The third-order valence-electron chi connectivity index (χ3n) is 1.51. The van der Waals surface area contributed by atoms with E-state index in [0.717, 1.165) is 26.4 Å². The molecule has 0 aromatic rings. The first-order valence-electron chi connectivity index (χ1n) is 8.89. The molecule has 0 bridgehead atoms. The van der Waals surface area contributed by atoms with Gasteiger partial charge in [0.15, 0.2) is 0 Å². The molecule has 5 heteroatoms. The van der Waals surface area contributed by atoms with Crippen molar-refractivity contribution in [3.63, 3.8) is 0 Å². The lowest BCUT2D eigenvalue weighted by molar-refractivity contribution is 0.102. The number of aliphatic hydroxyl groups is 2. The van der Waals surface area contributed by atoms with Crippen molar-refractivity contribution in [2.75, 3.05) is 39.6 Å². The van der Waals surface area contributed by atoms with Gasteiger partial charge in [-0.1, -0.05) is 0 Å². The molecule has 0 aromatic carbocycles. The van der Waals surface area contributed by atoms with E-state index in [1.54, 1.807) is 0 Å². The lowest BCUT2D eigenvalue weighted by Gasteiger charge is -1.95. The summed E-state index contributed by atoms with van der Waals surface area (Å²) in [6, 6.07) is 0. The van der Waals surface area contributed by atoms with Crippen LogP contribution in [0.4, 0.5) is 0 Å². The summed E-state index contributed by atoms with van der Waals surface area (Å²) in [4.78, 5) is 0. The normalized spacial score (nSPS) is 13.4. The van der Waals surface area contributed by atoms with Gasteiger partial charge >= 0.3 is 0 Å². The van der Waals surface area contributed by atoms with Gasteiger partial charge in [-0.05, 0) is 0 Å². The maximum Gasteiger partial charge on any atom is 0.104 e. The van der Waals surface area contributed by atoms with Crippen molar-refractivity contribution >= 4 is 0 Å². The van der Waals surface area contributed by atoms with Gasteiger partial charge in [-0.3, -0.25) is 0 Å². The summed E-state index contributed by atoms with van der Waals surface area (Å²) < 4.78 is 15.1. The number of ether oxygens (including phenoxy) is 3. The smallest absolute Gasteiger partial charge is 0.104 e. The molecule has 0 saturated carbocycles. The van der Waals surface area contributed by atoms with Gasteiger partial charge in [0.25, 0.3) is 0 Å². The number of hydrogen-bond acceptors (Lipinski definition) is 5. The Hall–Kier alpha value is -2.54. The van der Waals surface area contributed by atoms with Crippen LogP contribution in [-0.2, 0) is 14.2 Å². The van der Waals surface area contributed by atoms with E-state index in [4.69, 9.17) is 24.4 Å². The minimum atomic E-state index is -0.125. The summed E-state index contributed by atoms with van der Waals surface area (Å²) in [6.07, 6.45) is 0.785. The third-order valence-corrected chi connectivity index (χ3v) is 1.51. The molecule has 2 saturated heterocycles. The minimum absolute atomic E-state index is 0.125. The lowest BCUT2D eigenvalue weighted by Crippen LogP contribution is -2.06. The molecular weight excluding hydrogens is 392 g/mol. The van der Waals surface area contributed by atoms with E-state index in [-0.39, 0.29) is 13.2 Å². The van der Waals surface area contributed by atoms with Crippen molar-refractivity contribution in [3.05, 3.63) is 118 Å². The van der Waals surface area contributed by atoms with Crippen LogP contribution in [0.2, 0.25) is 0 Å². The van der Waals surface area contributed by atoms with E-state index in [9.17, 15) is 0 Å². The summed E-state index contributed by atoms with van der Waals surface area (Å²) >= 11 is 0. The van der Waals surface area contributed by atoms with E-state index in [0.29, 0.717) is 12.2 Å². The Morgan fingerprint density at radius 2 is 0.645 bits per heavy atom. The molecule has 0 aliphatic carbocycles. The Bertz CT molecular complexity index is 189. The molecule has 0 radical (unpaired) electrons. The van der Waals surface area contributed by atoms with Crippen LogP contribution in [0.15, 0.2) is 118 Å². The van der Waals surface area contributed by atoms with Gasteiger partial charge in [-0.2, -0.15) is 0 Å². The molecule has 2 unspecified atom stereocenters. The van der Waals surface area contributed by atoms with E-state index in [1.807, 2.05) is 0 Å². The molecular formula is C26H52O5. The van der Waals surface area contributed by atoms with Gasteiger partial charge in [0.2, 0.25) is 0 Å². The largest absolute Gasteiger partial charge is 0.394 e. The molecule has 5 nitrogen and oxygen atoms in total. The Morgan fingerprint density at radius 1 is 0.484 bits per heavy atom. The fraction of sp³-hybridized carbons (Fsp3) is 0.308. The molecule has 0 spiro atoms. The molecule has 2 fully saturated rings. The zero-order chi connectivity index (χ0) is 27.5. The van der Waals surface area contributed by atoms with Crippen molar-refractivity contribution in [1.29, 1.82) is 0 Å². The van der Waals surface area contributed by atoms with Crippen molar-refractivity contribution in [3.8, 4) is 0 Å². The van der Waals surface area contributed by atoms with E-state index in [1.165, 1.54) is 0 Å². The molecule has 2 atom stereocenters. The molecule has 31 heavy (non-hydrogen) atoms. The highest BCUT2D eigenvalue weighted by molar-refractivity contribution is 4.71. The zero-order valence-electron chi connectivity index (χ0n) is 20.2. The Kier molecular flexibility index (Phi) is 226. The first-order chi connectivity index (χ1) is 15.4. The lowest BCUT2D eigenvalue weighted by atomic mass is 10.5. The highest BCUT2D eigenvalue weighted by Crippen LogP contribution is 2.12. The van der Waals surface area contributed by atoms with E-state index < -0.39 is 0 Å². The van der Waals surface area contributed by atoms with Gasteiger partial charge in [0, 0.05) is 0 Å². The predicted octanol–water partition coefficient (Wildman–Crippen LogP) is 5.99. The van der Waals surface area contributed by atoms with Crippen molar-refractivity contribution in [1.82, 2.24) is 0 Å². The van der Waals surface area contributed by atoms with Crippen LogP contribution in [0.5, 0.6) is 0 Å². The van der Waals surface area contributed by atoms with Crippen LogP contribution in [0.1, 0.15) is 0 Å². The van der Waals surface area contributed by atoms with Crippen molar-refractivity contribution in [2.45, 2.75) is 12.2 Å². The van der Waals surface area contributed by atoms with Crippen LogP contribution in [0.25, 0.3) is 0 Å². The number of hydrogen-bond donors (Lipinski definition) is 2. The number of rotatable bonds is 5. The highest BCUT2D eigenvalue weighted by Gasteiger charge is 2.26. The predicted molar refractivity (Wildman–Crippen MR) is 146 cm³/mol. The maximum absolute atomic E-state index is 7.62. The standard InChI is InChI=1S/C6H10O3.C2H6O2.9C2H4/c1(5-3-8-5)7-2-6-4-9-6;3-1-2-4;9*1-2/h5-6H,1-4H2;3-4H,1-2H2;9*1-2H2. The summed E-state index contributed by atoms with van der Waals surface area (Å²) in [5.74, 6) is 0. The summed E-state index contributed by atoms with van der Waals surface area (Å²) in [5, 5.41) is 15.2. The molecule has 2 heterocycles. The Labute approximate surface area is 195 Å². The second kappa shape index (κ2) is 124. The second-order valence-corrected chi connectivity index (χ2v) is 2.90. The minimum Gasteiger partial charge on any atom is -0.394 e. The van der Waals surface area contributed by atoms with Gasteiger partial charge in [0.1, 0.15) is 12.2 Å². The Balaban J connectivity index is -0.0000000275. The molecule has 2 aliphatic heterocycles. The van der Waals surface area contributed by atoms with E-state index >= 15 is 0 Å². The van der Waals surface area contributed by atoms with Gasteiger partial charge in [0.05, 0.1) is 39.6 Å². The fourth-order valence-electron chi connectivity index (χ4n) is 0.659. The van der Waals surface area contributed by atoms with Crippen LogP contribution >= 0.6 is 0 Å². The molecule has 186 valence electrons. The summed E-state index contributed by atoms with van der Waals surface area (Å²) in [5.41, 5.74) is 0. The summed E-state index contributed by atoms with van der Waals surface area (Å²) in [7, 11) is 0. The monoisotopic (exact) mass is 444 g/mol. The fourth-order valence-corrected chi connectivity index (χ4v) is 0.659. The van der Waals surface area contributed by atoms with Crippen LogP contribution in [0.3, 0.4) is 0 Å². The van der Waals surface area contributed by atoms with Crippen LogP contribution < -0.4 is 0 Å². The molecule has 2 rings (SSSR count). The molecule has 0 aromatic heterocycles. The number of aliphatic hydroxyl groups excluding tert-OH is 2. The highest BCUT2D eigenvalue weighted by atomic mass is 16.6. The molecule has 2 N–H and O–H groups in total. The van der Waals surface area contributed by atoms with Gasteiger partial charge < -0.3 is 24.4 Å². The van der Waals surface area contributed by atoms with Gasteiger partial charge in [-0.25, -0.2) is 0 Å². The average molecular weight is 445 g/mol. The zero-order valence-corrected chi connectivity index (χ0v) is 20.2. The van der Waals surface area contributed by atoms with Crippen molar-refractivity contribution in [2.24, 2.45) is 0 Å². The first kappa shape index (κ1) is 56.7.